The maximum atomic E-state index is 13.4. The Hall–Kier alpha value is -2.90. The fourth-order valence-electron chi connectivity index (χ4n) is 3.88. The molecule has 2 aromatic carbocycles. The molecule has 0 aromatic heterocycles. The molecule has 1 fully saturated rings. The maximum Gasteiger partial charge on any atom is 0.274 e. The molecule has 2 aromatic rings. The molecule has 0 unspecified atom stereocenters. The van der Waals surface area contributed by atoms with E-state index in [1.807, 2.05) is 35.2 Å². The number of hydrogen-bond donors (Lipinski definition) is 2. The van der Waals surface area contributed by atoms with Crippen LogP contribution in [-0.2, 0) is 16.1 Å². The minimum absolute atomic E-state index is 0.0350. The second-order valence-corrected chi connectivity index (χ2v) is 7.32. The first-order valence-electron chi connectivity index (χ1n) is 9.84. The molecule has 2 aliphatic rings. The average molecular weight is 396 g/mol. The Bertz CT molecular complexity index is 880. The molecular formula is C22H24N2O5. The Kier molecular flexibility index (Phi) is 5.78. The smallest absolute Gasteiger partial charge is 0.274 e. The van der Waals surface area contributed by atoms with Gasteiger partial charge in [0.15, 0.2) is 0 Å². The third kappa shape index (κ3) is 4.11. The van der Waals surface area contributed by atoms with Crippen LogP contribution in [-0.4, -0.2) is 41.2 Å². The van der Waals surface area contributed by atoms with Crippen LogP contribution in [0.5, 0.6) is 5.75 Å². The lowest BCUT2D eigenvalue weighted by Crippen LogP contribution is -2.44. The zero-order chi connectivity index (χ0) is 20.2. The van der Waals surface area contributed by atoms with Crippen LogP contribution in [0, 0.1) is 0 Å². The number of amides is 2. The third-order valence-electron chi connectivity index (χ3n) is 5.47. The van der Waals surface area contributed by atoms with Gasteiger partial charge < -0.3 is 14.4 Å². The summed E-state index contributed by atoms with van der Waals surface area (Å²) in [6, 6.07) is 14.5. The number of fused-ring (bicyclic) bond motifs is 1. The summed E-state index contributed by atoms with van der Waals surface area (Å²) in [4.78, 5) is 26.9. The van der Waals surface area contributed by atoms with E-state index in [4.69, 9.17) is 14.7 Å². The van der Waals surface area contributed by atoms with Crippen molar-refractivity contribution in [3.63, 3.8) is 0 Å². The van der Waals surface area contributed by atoms with Crippen molar-refractivity contribution in [2.24, 2.45) is 0 Å². The number of rotatable bonds is 3. The summed E-state index contributed by atoms with van der Waals surface area (Å²) in [7, 11) is 0. The number of carbonyl (C=O) groups excluding carboxylic acids is 2. The summed E-state index contributed by atoms with van der Waals surface area (Å²) in [5.41, 5.74) is 3.71. The summed E-state index contributed by atoms with van der Waals surface area (Å²) in [6.07, 6.45) is 2.25. The first-order chi connectivity index (χ1) is 14.2. The average Bonchev–Trinajstić information content (AvgIpc) is 2.98. The normalized spacial score (nSPS) is 21.5. The molecule has 0 bridgehead atoms. The van der Waals surface area contributed by atoms with Crippen molar-refractivity contribution in [2.45, 2.75) is 38.0 Å². The topological polar surface area (TPSA) is 88.1 Å². The number of ether oxygens (including phenoxy) is 2. The largest absolute Gasteiger partial charge is 0.491 e. The summed E-state index contributed by atoms with van der Waals surface area (Å²) in [5, 5.41) is 8.89. The Morgan fingerprint density at radius 2 is 1.93 bits per heavy atom. The third-order valence-corrected chi connectivity index (χ3v) is 5.47. The van der Waals surface area contributed by atoms with Gasteiger partial charge in [-0.2, -0.15) is 0 Å². The van der Waals surface area contributed by atoms with Crippen molar-refractivity contribution in [3.05, 3.63) is 65.2 Å². The Morgan fingerprint density at radius 3 is 2.66 bits per heavy atom. The maximum absolute atomic E-state index is 13.4. The molecule has 0 spiro atoms. The lowest BCUT2D eigenvalue weighted by molar-refractivity contribution is -0.150. The van der Waals surface area contributed by atoms with Crippen molar-refractivity contribution in [3.8, 4) is 5.75 Å². The molecule has 0 aliphatic carbocycles. The SMILES string of the molecule is O=C(NO)c1ccc2c(c1)OC[C@H](c1ccccc1)N(C(=O)[C@@H]1CCCCO1)C2. The predicted molar refractivity (Wildman–Crippen MR) is 105 cm³/mol. The molecular weight excluding hydrogens is 372 g/mol. The second kappa shape index (κ2) is 8.63. The van der Waals surface area contributed by atoms with Gasteiger partial charge in [0, 0.05) is 17.7 Å². The molecule has 152 valence electrons. The van der Waals surface area contributed by atoms with Gasteiger partial charge in [0.2, 0.25) is 0 Å². The van der Waals surface area contributed by atoms with Crippen LogP contribution < -0.4 is 10.2 Å². The van der Waals surface area contributed by atoms with Crippen LogP contribution in [0.3, 0.4) is 0 Å². The molecule has 2 atom stereocenters. The van der Waals surface area contributed by atoms with E-state index in [9.17, 15) is 9.59 Å². The zero-order valence-corrected chi connectivity index (χ0v) is 16.0. The first-order valence-corrected chi connectivity index (χ1v) is 9.84. The van der Waals surface area contributed by atoms with E-state index in [1.165, 1.54) is 0 Å². The van der Waals surface area contributed by atoms with Gasteiger partial charge in [0.1, 0.15) is 18.5 Å². The van der Waals surface area contributed by atoms with Crippen LogP contribution in [0.4, 0.5) is 0 Å². The predicted octanol–water partition coefficient (Wildman–Crippen LogP) is 2.84. The van der Waals surface area contributed by atoms with Crippen molar-refractivity contribution in [1.82, 2.24) is 10.4 Å². The van der Waals surface area contributed by atoms with Gasteiger partial charge in [-0.1, -0.05) is 36.4 Å². The highest BCUT2D eigenvalue weighted by Gasteiger charge is 2.35. The van der Waals surface area contributed by atoms with E-state index < -0.39 is 12.0 Å². The van der Waals surface area contributed by atoms with Crippen LogP contribution >= 0.6 is 0 Å². The molecule has 2 heterocycles. The van der Waals surface area contributed by atoms with Gasteiger partial charge in [0.05, 0.1) is 12.6 Å². The quantitative estimate of drug-likeness (QED) is 0.615. The van der Waals surface area contributed by atoms with Gasteiger partial charge in [-0.3, -0.25) is 14.8 Å². The molecule has 2 aliphatic heterocycles. The minimum atomic E-state index is -0.608. The Morgan fingerprint density at radius 1 is 1.10 bits per heavy atom. The summed E-state index contributed by atoms with van der Waals surface area (Å²) in [5.74, 6) is -0.108. The number of hydrogen-bond acceptors (Lipinski definition) is 5. The molecule has 1 saturated heterocycles. The van der Waals surface area contributed by atoms with Crippen molar-refractivity contribution in [2.75, 3.05) is 13.2 Å². The van der Waals surface area contributed by atoms with Gasteiger partial charge in [-0.05, 0) is 37.0 Å². The Labute approximate surface area is 169 Å². The molecule has 4 rings (SSSR count). The first kappa shape index (κ1) is 19.4. The second-order valence-electron chi connectivity index (χ2n) is 7.32. The van der Waals surface area contributed by atoms with E-state index in [0.717, 1.165) is 30.4 Å². The van der Waals surface area contributed by atoms with E-state index in [-0.39, 0.29) is 24.1 Å². The summed E-state index contributed by atoms with van der Waals surface area (Å²) in [6.45, 7) is 1.22. The minimum Gasteiger partial charge on any atom is -0.491 e. The summed E-state index contributed by atoms with van der Waals surface area (Å²) < 4.78 is 11.8. The van der Waals surface area contributed by atoms with Crippen LogP contribution in [0.1, 0.15) is 46.8 Å². The number of hydroxylamine groups is 1. The number of carbonyl (C=O) groups is 2. The Balaban J connectivity index is 1.68. The number of nitrogens with zero attached hydrogens (tertiary/aromatic N) is 1. The molecule has 2 N–H and O–H groups in total. The van der Waals surface area contributed by atoms with Crippen LogP contribution in [0.25, 0.3) is 0 Å². The van der Waals surface area contributed by atoms with E-state index in [0.29, 0.717) is 18.9 Å². The molecule has 0 radical (unpaired) electrons. The van der Waals surface area contributed by atoms with E-state index in [1.54, 1.807) is 23.7 Å². The van der Waals surface area contributed by atoms with Gasteiger partial charge in [-0.25, -0.2) is 5.48 Å². The fourth-order valence-corrected chi connectivity index (χ4v) is 3.88. The highest BCUT2D eigenvalue weighted by atomic mass is 16.5. The summed E-state index contributed by atoms with van der Waals surface area (Å²) >= 11 is 0. The van der Waals surface area contributed by atoms with Crippen molar-refractivity contribution in [1.29, 1.82) is 0 Å². The van der Waals surface area contributed by atoms with Crippen molar-refractivity contribution >= 4 is 11.8 Å². The lowest BCUT2D eigenvalue weighted by atomic mass is 10.0. The number of benzene rings is 2. The van der Waals surface area contributed by atoms with Crippen LogP contribution in [0.15, 0.2) is 48.5 Å². The lowest BCUT2D eigenvalue weighted by Gasteiger charge is -2.33. The van der Waals surface area contributed by atoms with Gasteiger partial charge >= 0.3 is 0 Å². The molecule has 29 heavy (non-hydrogen) atoms. The molecule has 2 amide bonds. The zero-order valence-electron chi connectivity index (χ0n) is 16.0. The van der Waals surface area contributed by atoms with E-state index >= 15 is 0 Å². The van der Waals surface area contributed by atoms with Gasteiger partial charge in [0.25, 0.3) is 11.8 Å². The van der Waals surface area contributed by atoms with Crippen LogP contribution in [0.2, 0.25) is 0 Å². The van der Waals surface area contributed by atoms with Gasteiger partial charge in [-0.15, -0.1) is 0 Å². The molecule has 0 saturated carbocycles. The highest BCUT2D eigenvalue weighted by Crippen LogP contribution is 2.33. The standard InChI is InChI=1S/C22H24N2O5/c25-21(23-27)16-9-10-17-13-24(22(26)19-8-4-5-11-28-19)18(14-29-20(17)12-16)15-6-2-1-3-7-15/h1-3,6-7,9-10,12,18-19,27H,4-5,8,11,13-14H2,(H,23,25)/t18-,19+/m1/s1. The molecule has 7 nitrogen and oxygen atoms in total. The molecule has 7 heteroatoms. The van der Waals surface area contributed by atoms with E-state index in [2.05, 4.69) is 0 Å². The monoisotopic (exact) mass is 396 g/mol. The highest BCUT2D eigenvalue weighted by molar-refractivity contribution is 5.93. The van der Waals surface area contributed by atoms with Crippen molar-refractivity contribution < 1.29 is 24.3 Å². The number of nitrogens with one attached hydrogen (secondary N) is 1. The fraction of sp³-hybridized carbons (Fsp3) is 0.364.